The molecule has 0 radical (unpaired) electrons. The molecular formula is C19H12F4N4O2S2. The van der Waals surface area contributed by atoms with Crippen molar-refractivity contribution in [3.8, 4) is 28.3 Å². The molecule has 12 heteroatoms. The number of sulfone groups is 1. The van der Waals surface area contributed by atoms with Crippen molar-refractivity contribution in [2.75, 3.05) is 6.26 Å². The number of halogens is 4. The predicted molar refractivity (Wildman–Crippen MR) is 106 cm³/mol. The molecule has 4 aromatic rings. The van der Waals surface area contributed by atoms with Crippen LogP contribution in [-0.2, 0) is 16.0 Å². The molecule has 0 aliphatic rings. The second-order valence-electron chi connectivity index (χ2n) is 6.50. The van der Waals surface area contributed by atoms with E-state index < -0.39 is 33.2 Å². The Bertz CT molecular complexity index is 1330. The summed E-state index contributed by atoms with van der Waals surface area (Å²) in [5.74, 6) is -1.72. The quantitative estimate of drug-likeness (QED) is 0.409. The SMILES string of the molecule is CS(=O)(=O)c1ccc(-n2nc(C(F)(F)F)c(F)c2-c2ccc(-c3cscn3)cc2)nc1. The molecule has 3 aromatic heterocycles. The highest BCUT2D eigenvalue weighted by Gasteiger charge is 2.40. The molecule has 0 saturated heterocycles. The second-order valence-corrected chi connectivity index (χ2v) is 9.23. The Morgan fingerprint density at radius 2 is 1.68 bits per heavy atom. The van der Waals surface area contributed by atoms with Crippen LogP contribution >= 0.6 is 11.3 Å². The number of nitrogens with zero attached hydrogens (tertiary/aromatic N) is 4. The lowest BCUT2D eigenvalue weighted by molar-refractivity contribution is -0.143. The molecule has 0 fully saturated rings. The highest BCUT2D eigenvalue weighted by molar-refractivity contribution is 7.90. The fraction of sp³-hybridized carbons (Fsp3) is 0.105. The van der Waals surface area contributed by atoms with Gasteiger partial charge in [-0.05, 0) is 12.1 Å². The number of hydrogen-bond acceptors (Lipinski definition) is 6. The second kappa shape index (κ2) is 7.54. The maximum Gasteiger partial charge on any atom is 0.438 e. The van der Waals surface area contributed by atoms with E-state index in [1.807, 2.05) is 0 Å². The van der Waals surface area contributed by atoms with E-state index in [2.05, 4.69) is 15.1 Å². The Hall–Kier alpha value is -3.12. The number of aromatic nitrogens is 4. The summed E-state index contributed by atoms with van der Waals surface area (Å²) in [6, 6.07) is 8.45. The lowest BCUT2D eigenvalue weighted by Gasteiger charge is -2.08. The summed E-state index contributed by atoms with van der Waals surface area (Å²) < 4.78 is 78.8. The smallest absolute Gasteiger partial charge is 0.245 e. The third-order valence-corrected chi connectivity index (χ3v) is 6.03. The number of alkyl halides is 3. The van der Waals surface area contributed by atoms with Gasteiger partial charge in [0.1, 0.15) is 5.69 Å². The van der Waals surface area contributed by atoms with Gasteiger partial charge >= 0.3 is 6.18 Å². The Balaban J connectivity index is 1.86. The van der Waals surface area contributed by atoms with Crippen LogP contribution in [0.4, 0.5) is 17.6 Å². The van der Waals surface area contributed by atoms with Gasteiger partial charge < -0.3 is 0 Å². The zero-order chi connectivity index (χ0) is 22.4. The molecular weight excluding hydrogens is 456 g/mol. The van der Waals surface area contributed by atoms with E-state index in [1.165, 1.54) is 29.5 Å². The summed E-state index contributed by atoms with van der Waals surface area (Å²) >= 11 is 1.38. The van der Waals surface area contributed by atoms with E-state index >= 15 is 0 Å². The van der Waals surface area contributed by atoms with Crippen molar-refractivity contribution in [3.05, 3.63) is 65.0 Å². The first-order valence-electron chi connectivity index (χ1n) is 8.57. The van der Waals surface area contributed by atoms with Gasteiger partial charge in [-0.15, -0.1) is 11.3 Å². The van der Waals surface area contributed by atoms with Crippen molar-refractivity contribution in [1.82, 2.24) is 19.7 Å². The number of thiazole rings is 1. The standard InChI is InChI=1S/C19H12F4N4O2S2/c1-31(28,29)13-6-7-15(24-8-13)27-17(16(20)18(26-27)19(21,22)23)12-4-2-11(3-5-12)14-9-30-10-25-14/h2-10H,1H3. The zero-order valence-electron chi connectivity index (χ0n) is 15.6. The van der Waals surface area contributed by atoms with Crippen LogP contribution in [-0.4, -0.2) is 34.4 Å². The van der Waals surface area contributed by atoms with Crippen LogP contribution in [0.25, 0.3) is 28.3 Å². The van der Waals surface area contributed by atoms with Gasteiger partial charge in [-0.25, -0.2) is 27.5 Å². The van der Waals surface area contributed by atoms with Gasteiger partial charge in [0.25, 0.3) is 0 Å². The van der Waals surface area contributed by atoms with Gasteiger partial charge in [0.15, 0.2) is 21.5 Å². The third-order valence-electron chi connectivity index (χ3n) is 4.35. The molecule has 0 aliphatic carbocycles. The first-order chi connectivity index (χ1) is 14.6. The molecule has 3 heterocycles. The van der Waals surface area contributed by atoms with Crippen molar-refractivity contribution >= 4 is 21.2 Å². The molecule has 0 spiro atoms. The van der Waals surface area contributed by atoms with Crippen molar-refractivity contribution in [1.29, 1.82) is 0 Å². The summed E-state index contributed by atoms with van der Waals surface area (Å²) in [6.07, 6.45) is -3.09. The van der Waals surface area contributed by atoms with Gasteiger partial charge in [0.2, 0.25) is 5.69 Å². The highest BCUT2D eigenvalue weighted by atomic mass is 32.2. The van der Waals surface area contributed by atoms with Crippen LogP contribution in [0.5, 0.6) is 0 Å². The normalized spacial score (nSPS) is 12.3. The van der Waals surface area contributed by atoms with E-state index in [9.17, 15) is 26.0 Å². The van der Waals surface area contributed by atoms with Crippen LogP contribution in [0.3, 0.4) is 0 Å². The molecule has 31 heavy (non-hydrogen) atoms. The van der Waals surface area contributed by atoms with Crippen molar-refractivity contribution in [3.63, 3.8) is 0 Å². The van der Waals surface area contributed by atoms with Gasteiger partial charge in [-0.1, -0.05) is 24.3 Å². The molecule has 4 rings (SSSR count). The largest absolute Gasteiger partial charge is 0.438 e. The van der Waals surface area contributed by atoms with Crippen LogP contribution in [0.15, 0.2) is 58.4 Å². The first kappa shape index (κ1) is 21.1. The van der Waals surface area contributed by atoms with Crippen LogP contribution in [0.1, 0.15) is 5.69 Å². The Labute approximate surface area is 177 Å². The highest BCUT2D eigenvalue weighted by Crippen LogP contribution is 2.37. The molecule has 0 atom stereocenters. The minimum Gasteiger partial charge on any atom is -0.245 e. The van der Waals surface area contributed by atoms with Crippen LogP contribution in [0.2, 0.25) is 0 Å². The van der Waals surface area contributed by atoms with E-state index in [4.69, 9.17) is 0 Å². The monoisotopic (exact) mass is 468 g/mol. The summed E-state index contributed by atoms with van der Waals surface area (Å²) in [7, 11) is -3.57. The van der Waals surface area contributed by atoms with Crippen molar-refractivity contribution in [2.45, 2.75) is 11.1 Å². The summed E-state index contributed by atoms with van der Waals surface area (Å²) in [4.78, 5) is 7.90. The lowest BCUT2D eigenvalue weighted by atomic mass is 10.1. The molecule has 0 amide bonds. The minimum atomic E-state index is -5.03. The van der Waals surface area contributed by atoms with Gasteiger partial charge in [-0.3, -0.25) is 0 Å². The van der Waals surface area contributed by atoms with Gasteiger partial charge in [-0.2, -0.15) is 18.3 Å². The predicted octanol–water partition coefficient (Wildman–Crippen LogP) is 4.62. The molecule has 6 nitrogen and oxygen atoms in total. The average molecular weight is 468 g/mol. The topological polar surface area (TPSA) is 77.7 Å². The fourth-order valence-corrected chi connectivity index (χ4v) is 3.99. The van der Waals surface area contributed by atoms with Crippen LogP contribution in [0, 0.1) is 5.82 Å². The summed E-state index contributed by atoms with van der Waals surface area (Å²) in [6.45, 7) is 0. The van der Waals surface area contributed by atoms with Crippen molar-refractivity contribution < 1.29 is 26.0 Å². The van der Waals surface area contributed by atoms with E-state index in [1.54, 1.807) is 23.0 Å². The van der Waals surface area contributed by atoms with Gasteiger partial charge in [0.05, 0.1) is 16.1 Å². The maximum atomic E-state index is 14.9. The number of pyridine rings is 1. The minimum absolute atomic E-state index is 0.130. The van der Waals surface area contributed by atoms with E-state index in [-0.39, 0.29) is 16.3 Å². The Morgan fingerprint density at radius 1 is 1.00 bits per heavy atom. The molecule has 0 bridgehead atoms. The molecule has 0 saturated carbocycles. The molecule has 160 valence electrons. The third kappa shape index (κ3) is 4.08. The number of rotatable bonds is 4. The first-order valence-corrected chi connectivity index (χ1v) is 11.4. The van der Waals surface area contributed by atoms with E-state index in [0.29, 0.717) is 15.9 Å². The van der Waals surface area contributed by atoms with Gasteiger partial charge in [0, 0.05) is 29.0 Å². The van der Waals surface area contributed by atoms with E-state index in [0.717, 1.165) is 18.5 Å². The zero-order valence-corrected chi connectivity index (χ0v) is 17.3. The maximum absolute atomic E-state index is 14.9. The van der Waals surface area contributed by atoms with Crippen LogP contribution < -0.4 is 0 Å². The fourth-order valence-electron chi connectivity index (χ4n) is 2.87. The summed E-state index contributed by atoms with van der Waals surface area (Å²) in [5, 5.41) is 5.19. The average Bonchev–Trinajstić information content (AvgIpc) is 3.35. The Morgan fingerprint density at radius 3 is 2.19 bits per heavy atom. The molecule has 0 unspecified atom stereocenters. The molecule has 1 aromatic carbocycles. The molecule has 0 aliphatic heterocycles. The summed E-state index contributed by atoms with van der Waals surface area (Å²) in [5.41, 5.74) is 1.02. The Kier molecular flexibility index (Phi) is 5.13. The van der Waals surface area contributed by atoms with Crippen molar-refractivity contribution in [2.24, 2.45) is 0 Å². The lowest BCUT2D eigenvalue weighted by Crippen LogP contribution is -2.09. The molecule has 0 N–H and O–H groups in total. The number of benzene rings is 1. The number of hydrogen-bond donors (Lipinski definition) is 0.